The Kier molecular flexibility index (Phi) is 8.02. The second-order valence-corrected chi connectivity index (χ2v) is 7.92. The number of halogens is 2. The summed E-state index contributed by atoms with van der Waals surface area (Å²) in [5.74, 6) is -0.305. The highest BCUT2D eigenvalue weighted by molar-refractivity contribution is 9.10. The van der Waals surface area contributed by atoms with Gasteiger partial charge < -0.3 is 14.8 Å². The molecule has 24 heavy (non-hydrogen) atoms. The van der Waals surface area contributed by atoms with Crippen LogP contribution in [0.2, 0.25) is 0 Å². The summed E-state index contributed by atoms with van der Waals surface area (Å²) < 4.78 is 24.2. The first-order valence-electron chi connectivity index (χ1n) is 7.21. The first-order valence-corrected chi connectivity index (χ1v) is 9.16. The van der Waals surface area contributed by atoms with E-state index in [9.17, 15) is 14.0 Å². The smallest absolute Gasteiger partial charge is 0.408 e. The summed E-state index contributed by atoms with van der Waals surface area (Å²) in [7, 11) is 1.24. The fraction of sp³-hybridized carbons (Fsp3) is 0.500. The molecule has 1 aromatic rings. The highest BCUT2D eigenvalue weighted by atomic mass is 79.9. The van der Waals surface area contributed by atoms with Crippen LogP contribution >= 0.6 is 27.7 Å². The van der Waals surface area contributed by atoms with Crippen LogP contribution in [0, 0.1) is 5.82 Å². The fourth-order valence-electron chi connectivity index (χ4n) is 1.69. The van der Waals surface area contributed by atoms with Crippen LogP contribution in [0.25, 0.3) is 0 Å². The van der Waals surface area contributed by atoms with Gasteiger partial charge in [0.2, 0.25) is 0 Å². The number of thioether (sulfide) groups is 1. The summed E-state index contributed by atoms with van der Waals surface area (Å²) in [6.45, 7) is 5.18. The predicted molar refractivity (Wildman–Crippen MR) is 95.4 cm³/mol. The lowest BCUT2D eigenvalue weighted by Gasteiger charge is -2.22. The largest absolute Gasteiger partial charge is 0.467 e. The Morgan fingerprint density at radius 1 is 1.38 bits per heavy atom. The van der Waals surface area contributed by atoms with Gasteiger partial charge >= 0.3 is 12.1 Å². The number of esters is 1. The summed E-state index contributed by atoms with van der Waals surface area (Å²) in [5.41, 5.74) is -0.151. The summed E-state index contributed by atoms with van der Waals surface area (Å²) in [4.78, 5) is 23.6. The third-order valence-corrected chi connectivity index (χ3v) is 4.31. The monoisotopic (exact) mass is 421 g/mol. The molecule has 0 aromatic heterocycles. The van der Waals surface area contributed by atoms with Gasteiger partial charge in [-0.3, -0.25) is 0 Å². The molecule has 0 bridgehead atoms. The van der Waals surface area contributed by atoms with E-state index in [1.165, 1.54) is 24.9 Å². The highest BCUT2D eigenvalue weighted by Crippen LogP contribution is 2.20. The van der Waals surface area contributed by atoms with E-state index in [0.29, 0.717) is 15.8 Å². The number of nitrogens with one attached hydrogen (secondary N) is 1. The van der Waals surface area contributed by atoms with E-state index in [1.54, 1.807) is 32.9 Å². The number of hydrogen-bond donors (Lipinski definition) is 1. The number of amides is 1. The van der Waals surface area contributed by atoms with Crippen molar-refractivity contribution in [3.8, 4) is 0 Å². The molecule has 0 heterocycles. The molecule has 0 aliphatic carbocycles. The van der Waals surface area contributed by atoms with E-state index < -0.39 is 23.7 Å². The van der Waals surface area contributed by atoms with Gasteiger partial charge in [-0.1, -0.05) is 22.0 Å². The predicted octanol–water partition coefficient (Wildman–Crippen LogP) is 3.89. The van der Waals surface area contributed by atoms with E-state index >= 15 is 0 Å². The van der Waals surface area contributed by atoms with Crippen molar-refractivity contribution < 1.29 is 23.5 Å². The van der Waals surface area contributed by atoms with Crippen LogP contribution in [-0.2, 0) is 20.0 Å². The molecule has 5 nitrogen and oxygen atoms in total. The molecule has 1 amide bonds. The maximum absolute atomic E-state index is 13.8. The molecule has 0 radical (unpaired) electrons. The van der Waals surface area contributed by atoms with Gasteiger partial charge in [0, 0.05) is 16.0 Å². The molecule has 0 aliphatic rings. The fourth-order valence-corrected chi connectivity index (χ4v) is 3.05. The van der Waals surface area contributed by atoms with Crippen LogP contribution < -0.4 is 5.32 Å². The zero-order chi connectivity index (χ0) is 18.3. The lowest BCUT2D eigenvalue weighted by atomic mass is 10.2. The molecule has 1 N–H and O–H groups in total. The third kappa shape index (κ3) is 7.53. The summed E-state index contributed by atoms with van der Waals surface area (Å²) in [6, 6.07) is 3.93. The Labute approximate surface area is 153 Å². The van der Waals surface area contributed by atoms with Gasteiger partial charge in [0.1, 0.15) is 17.5 Å². The minimum absolute atomic E-state index is 0.238. The highest BCUT2D eigenvalue weighted by Gasteiger charge is 2.25. The Balaban J connectivity index is 2.60. The SMILES string of the molecule is COC(=O)C(CSCc1ccc(Br)cc1F)NC(=O)OC(C)(C)C. The van der Waals surface area contributed by atoms with Crippen LogP contribution in [-0.4, -0.2) is 36.6 Å². The Morgan fingerprint density at radius 3 is 2.58 bits per heavy atom. The van der Waals surface area contributed by atoms with E-state index in [2.05, 4.69) is 26.0 Å². The molecule has 0 fully saturated rings. The molecular weight excluding hydrogens is 401 g/mol. The quantitative estimate of drug-likeness (QED) is 0.705. The van der Waals surface area contributed by atoms with E-state index in [4.69, 9.17) is 4.74 Å². The van der Waals surface area contributed by atoms with Crippen molar-refractivity contribution in [3.05, 3.63) is 34.1 Å². The molecule has 1 rings (SSSR count). The zero-order valence-corrected chi connectivity index (χ0v) is 16.4. The molecular formula is C16H21BrFNO4S. The molecule has 0 spiro atoms. The molecule has 134 valence electrons. The molecule has 1 atom stereocenters. The number of carbonyl (C=O) groups excluding carboxylic acids is 2. The van der Waals surface area contributed by atoms with Crippen molar-refractivity contribution in [2.45, 2.75) is 38.2 Å². The van der Waals surface area contributed by atoms with Crippen LogP contribution in [0.1, 0.15) is 26.3 Å². The zero-order valence-electron chi connectivity index (χ0n) is 14.0. The topological polar surface area (TPSA) is 64.6 Å². The standard InChI is InChI=1S/C16H21BrFNO4S/c1-16(2,3)23-15(21)19-13(14(20)22-4)9-24-8-10-5-6-11(17)7-12(10)18/h5-7,13H,8-9H2,1-4H3,(H,19,21). The van der Waals surface area contributed by atoms with Gasteiger partial charge in [0.15, 0.2) is 0 Å². The molecule has 1 aromatic carbocycles. The lowest BCUT2D eigenvalue weighted by molar-refractivity contribution is -0.142. The second-order valence-electron chi connectivity index (χ2n) is 5.97. The van der Waals surface area contributed by atoms with Gasteiger partial charge in [-0.25, -0.2) is 14.0 Å². The average molecular weight is 422 g/mol. The minimum atomic E-state index is -0.867. The Hall–Kier alpha value is -1.28. The van der Waals surface area contributed by atoms with Gasteiger partial charge in [-0.15, -0.1) is 0 Å². The van der Waals surface area contributed by atoms with Crippen molar-refractivity contribution in [2.75, 3.05) is 12.9 Å². The molecule has 1 unspecified atom stereocenters. The van der Waals surface area contributed by atoms with Crippen LogP contribution in [0.5, 0.6) is 0 Å². The van der Waals surface area contributed by atoms with Crippen molar-refractivity contribution in [1.29, 1.82) is 0 Å². The number of alkyl carbamates (subject to hydrolysis) is 1. The van der Waals surface area contributed by atoms with Crippen molar-refractivity contribution in [2.24, 2.45) is 0 Å². The Morgan fingerprint density at radius 2 is 2.04 bits per heavy atom. The summed E-state index contributed by atoms with van der Waals surface area (Å²) >= 11 is 4.51. The Bertz CT molecular complexity index is 592. The number of hydrogen-bond acceptors (Lipinski definition) is 5. The third-order valence-electron chi connectivity index (χ3n) is 2.73. The van der Waals surface area contributed by atoms with Crippen molar-refractivity contribution in [3.63, 3.8) is 0 Å². The molecule has 0 saturated heterocycles. The van der Waals surface area contributed by atoms with E-state index in [0.717, 1.165) is 0 Å². The van der Waals surface area contributed by atoms with E-state index in [1.807, 2.05) is 0 Å². The van der Waals surface area contributed by atoms with Gasteiger partial charge in [0.25, 0.3) is 0 Å². The number of rotatable bonds is 6. The number of carbonyl (C=O) groups is 2. The lowest BCUT2D eigenvalue weighted by Crippen LogP contribution is -2.45. The van der Waals surface area contributed by atoms with Gasteiger partial charge in [-0.2, -0.15) is 11.8 Å². The van der Waals surface area contributed by atoms with Gasteiger partial charge in [0.05, 0.1) is 7.11 Å². The normalized spacial score (nSPS) is 12.4. The number of methoxy groups -OCH3 is 1. The maximum Gasteiger partial charge on any atom is 0.408 e. The molecule has 8 heteroatoms. The first-order chi connectivity index (χ1) is 11.1. The van der Waals surface area contributed by atoms with E-state index in [-0.39, 0.29) is 11.6 Å². The minimum Gasteiger partial charge on any atom is -0.467 e. The second kappa shape index (κ2) is 9.27. The molecule has 0 aliphatic heterocycles. The first kappa shape index (κ1) is 20.8. The molecule has 0 saturated carbocycles. The van der Waals surface area contributed by atoms with Crippen molar-refractivity contribution in [1.82, 2.24) is 5.32 Å². The van der Waals surface area contributed by atoms with Gasteiger partial charge in [-0.05, 0) is 38.5 Å². The average Bonchev–Trinajstić information content (AvgIpc) is 2.45. The number of ether oxygens (including phenoxy) is 2. The van der Waals surface area contributed by atoms with Crippen LogP contribution in [0.15, 0.2) is 22.7 Å². The summed E-state index contributed by atoms with van der Waals surface area (Å²) in [5, 5.41) is 2.48. The van der Waals surface area contributed by atoms with Crippen LogP contribution in [0.4, 0.5) is 9.18 Å². The maximum atomic E-state index is 13.8. The number of benzene rings is 1. The summed E-state index contributed by atoms with van der Waals surface area (Å²) in [6.07, 6.45) is -0.701. The van der Waals surface area contributed by atoms with Crippen molar-refractivity contribution >= 4 is 39.8 Å². The van der Waals surface area contributed by atoms with Crippen LogP contribution in [0.3, 0.4) is 0 Å².